The first-order chi connectivity index (χ1) is 9.74. The molecule has 1 aromatic carbocycles. The van der Waals surface area contributed by atoms with E-state index < -0.39 is 5.82 Å². The number of carbonyl (C=O) groups is 1. The Bertz CT molecular complexity index is 497. The van der Waals surface area contributed by atoms with Gasteiger partial charge in [0.25, 0.3) is 0 Å². The van der Waals surface area contributed by atoms with Gasteiger partial charge in [-0.15, -0.1) is 0 Å². The third kappa shape index (κ3) is 3.10. The number of carbonyl (C=O) groups excluding carboxylic acids is 1. The molecule has 3 rings (SSSR count). The lowest BCUT2D eigenvalue weighted by Gasteiger charge is -2.22. The van der Waals surface area contributed by atoms with E-state index in [1.807, 2.05) is 0 Å². The Hall–Kier alpha value is -1.62. The van der Waals surface area contributed by atoms with Gasteiger partial charge in [0.2, 0.25) is 5.91 Å². The van der Waals surface area contributed by atoms with E-state index in [1.54, 1.807) is 12.1 Å². The lowest BCUT2D eigenvalue weighted by Crippen LogP contribution is -2.30. The second kappa shape index (κ2) is 5.79. The summed E-state index contributed by atoms with van der Waals surface area (Å²) in [5.74, 6) is -0.744. The highest BCUT2D eigenvalue weighted by Crippen LogP contribution is 2.31. The van der Waals surface area contributed by atoms with Crippen LogP contribution in [-0.2, 0) is 9.53 Å². The lowest BCUT2D eigenvalue weighted by molar-refractivity contribution is -0.123. The third-order valence-corrected chi connectivity index (χ3v) is 3.73. The van der Waals surface area contributed by atoms with Crippen molar-refractivity contribution in [2.75, 3.05) is 23.8 Å². The highest BCUT2D eigenvalue weighted by atomic mass is 19.1. The van der Waals surface area contributed by atoms with Crippen molar-refractivity contribution in [3.05, 3.63) is 24.0 Å². The minimum atomic E-state index is -0.402. The number of halogens is 1. The Morgan fingerprint density at radius 2 is 2.15 bits per heavy atom. The van der Waals surface area contributed by atoms with Crippen molar-refractivity contribution in [2.45, 2.75) is 31.7 Å². The summed E-state index contributed by atoms with van der Waals surface area (Å²) in [4.78, 5) is 12.2. The number of hydrogen-bond acceptors (Lipinski definition) is 3. The maximum Gasteiger partial charge on any atom is 0.229 e. The van der Waals surface area contributed by atoms with Crippen LogP contribution in [0.25, 0.3) is 0 Å². The molecule has 1 amide bonds. The number of nitrogens with one attached hydrogen (secondary N) is 2. The summed E-state index contributed by atoms with van der Waals surface area (Å²) in [5.41, 5.74) is 0.924. The third-order valence-electron chi connectivity index (χ3n) is 3.73. The number of anilines is 2. The lowest BCUT2D eigenvalue weighted by atomic mass is 10.0. The molecule has 1 saturated carbocycles. The van der Waals surface area contributed by atoms with Gasteiger partial charge in [0.1, 0.15) is 11.5 Å². The molecule has 2 aliphatic rings. The summed E-state index contributed by atoms with van der Waals surface area (Å²) < 4.78 is 19.3. The van der Waals surface area contributed by atoms with E-state index in [1.165, 1.54) is 6.07 Å². The van der Waals surface area contributed by atoms with Crippen molar-refractivity contribution in [1.82, 2.24) is 0 Å². The van der Waals surface area contributed by atoms with Crippen LogP contribution in [0.15, 0.2) is 18.2 Å². The molecular formula is C15H19FN2O2. The minimum Gasteiger partial charge on any atom is -0.381 e. The molecule has 0 bridgehead atoms. The van der Waals surface area contributed by atoms with Gasteiger partial charge in [-0.05, 0) is 37.8 Å². The van der Waals surface area contributed by atoms with Crippen LogP contribution in [0.3, 0.4) is 0 Å². The first-order valence-electron chi connectivity index (χ1n) is 7.17. The van der Waals surface area contributed by atoms with Gasteiger partial charge in [-0.1, -0.05) is 6.07 Å². The largest absolute Gasteiger partial charge is 0.381 e. The smallest absolute Gasteiger partial charge is 0.229 e. The number of benzene rings is 1. The fraction of sp³-hybridized carbons (Fsp3) is 0.533. The Morgan fingerprint density at radius 1 is 1.30 bits per heavy atom. The number of para-hydroxylation sites is 1. The van der Waals surface area contributed by atoms with Gasteiger partial charge in [-0.2, -0.15) is 0 Å². The second-order valence-electron chi connectivity index (χ2n) is 5.48. The zero-order valence-corrected chi connectivity index (χ0v) is 11.3. The van der Waals surface area contributed by atoms with E-state index >= 15 is 0 Å². The summed E-state index contributed by atoms with van der Waals surface area (Å²) in [6.45, 7) is 1.13. The molecule has 108 valence electrons. The number of amides is 1. The van der Waals surface area contributed by atoms with Crippen LogP contribution < -0.4 is 10.6 Å². The second-order valence-corrected chi connectivity index (χ2v) is 5.48. The summed E-state index contributed by atoms with van der Waals surface area (Å²) in [6.07, 6.45) is 3.87. The maximum absolute atomic E-state index is 14.0. The molecule has 20 heavy (non-hydrogen) atoms. The Balaban J connectivity index is 1.72. The molecule has 1 aliphatic heterocycles. The average Bonchev–Trinajstić information content (AvgIpc) is 3.27. The van der Waals surface area contributed by atoms with Crippen molar-refractivity contribution in [1.29, 1.82) is 0 Å². The van der Waals surface area contributed by atoms with Gasteiger partial charge in [0.15, 0.2) is 0 Å². The Kier molecular flexibility index (Phi) is 3.87. The number of rotatable bonds is 4. The molecule has 1 aromatic rings. The highest BCUT2D eigenvalue weighted by Gasteiger charge is 2.26. The van der Waals surface area contributed by atoms with Crippen LogP contribution in [0.4, 0.5) is 15.8 Å². The van der Waals surface area contributed by atoms with Crippen molar-refractivity contribution in [3.8, 4) is 0 Å². The van der Waals surface area contributed by atoms with E-state index in [9.17, 15) is 9.18 Å². The summed E-state index contributed by atoms with van der Waals surface area (Å²) in [6, 6.07) is 5.23. The van der Waals surface area contributed by atoms with Crippen LogP contribution in [-0.4, -0.2) is 25.2 Å². The zero-order valence-electron chi connectivity index (χ0n) is 11.3. The zero-order chi connectivity index (χ0) is 13.9. The molecule has 0 spiro atoms. The van der Waals surface area contributed by atoms with Gasteiger partial charge in [0.05, 0.1) is 18.2 Å². The van der Waals surface area contributed by atoms with Crippen molar-refractivity contribution in [2.24, 2.45) is 5.92 Å². The van der Waals surface area contributed by atoms with Crippen LogP contribution >= 0.6 is 0 Å². The summed E-state index contributed by atoms with van der Waals surface area (Å²) >= 11 is 0. The SMILES string of the molecule is O=C(Nc1c(F)cccc1NC1CC1)[C@@H]1CCCOC1. The molecule has 1 atom stereocenters. The molecule has 2 fully saturated rings. The predicted octanol–water partition coefficient (Wildman–Crippen LogP) is 2.77. The first kappa shape index (κ1) is 13.4. The Morgan fingerprint density at radius 3 is 2.85 bits per heavy atom. The monoisotopic (exact) mass is 278 g/mol. The summed E-state index contributed by atoms with van der Waals surface area (Å²) in [5, 5.41) is 5.97. The molecule has 0 aromatic heterocycles. The van der Waals surface area contributed by atoms with Gasteiger partial charge >= 0.3 is 0 Å². The van der Waals surface area contributed by atoms with Crippen molar-refractivity contribution < 1.29 is 13.9 Å². The average molecular weight is 278 g/mol. The highest BCUT2D eigenvalue weighted by molar-refractivity contribution is 5.96. The molecule has 2 N–H and O–H groups in total. The standard InChI is InChI=1S/C15H19FN2O2/c16-12-4-1-5-13(17-11-6-7-11)14(12)18-15(19)10-3-2-8-20-9-10/h1,4-5,10-11,17H,2-3,6-9H2,(H,18,19)/t10-/m1/s1. The van der Waals surface area contributed by atoms with E-state index in [4.69, 9.17) is 4.74 Å². The van der Waals surface area contributed by atoms with Gasteiger partial charge < -0.3 is 15.4 Å². The quantitative estimate of drug-likeness (QED) is 0.890. The fourth-order valence-corrected chi connectivity index (χ4v) is 2.39. The topological polar surface area (TPSA) is 50.4 Å². The molecule has 1 aliphatic carbocycles. The number of ether oxygens (including phenoxy) is 1. The van der Waals surface area contributed by atoms with Crippen LogP contribution in [0.5, 0.6) is 0 Å². The molecule has 0 radical (unpaired) electrons. The predicted molar refractivity (Wildman–Crippen MR) is 75.2 cm³/mol. The molecule has 1 saturated heterocycles. The number of hydrogen-bond donors (Lipinski definition) is 2. The molecule has 1 heterocycles. The van der Waals surface area contributed by atoms with Gasteiger partial charge in [0, 0.05) is 12.6 Å². The van der Waals surface area contributed by atoms with Crippen LogP contribution in [0.2, 0.25) is 0 Å². The van der Waals surface area contributed by atoms with E-state index in [-0.39, 0.29) is 17.5 Å². The fourth-order valence-electron chi connectivity index (χ4n) is 2.39. The summed E-state index contributed by atoms with van der Waals surface area (Å²) in [7, 11) is 0. The van der Waals surface area contributed by atoms with Crippen LogP contribution in [0, 0.1) is 11.7 Å². The Labute approximate surface area is 117 Å². The van der Waals surface area contributed by atoms with Crippen LogP contribution in [0.1, 0.15) is 25.7 Å². The van der Waals surface area contributed by atoms with E-state index in [0.717, 1.165) is 25.7 Å². The molecular weight excluding hydrogens is 259 g/mol. The van der Waals surface area contributed by atoms with Crippen molar-refractivity contribution >= 4 is 17.3 Å². The molecule has 4 nitrogen and oxygen atoms in total. The minimum absolute atomic E-state index is 0.159. The maximum atomic E-state index is 14.0. The molecule has 5 heteroatoms. The normalized spacial score (nSPS) is 22.4. The van der Waals surface area contributed by atoms with E-state index in [2.05, 4.69) is 10.6 Å². The van der Waals surface area contributed by atoms with Gasteiger partial charge in [-0.3, -0.25) is 4.79 Å². The van der Waals surface area contributed by atoms with Crippen molar-refractivity contribution in [3.63, 3.8) is 0 Å². The van der Waals surface area contributed by atoms with E-state index in [0.29, 0.717) is 24.9 Å². The molecule has 0 unspecified atom stereocenters. The van der Waals surface area contributed by atoms with Gasteiger partial charge in [-0.25, -0.2) is 4.39 Å². The first-order valence-corrected chi connectivity index (χ1v) is 7.17.